The van der Waals surface area contributed by atoms with Gasteiger partial charge in [0.05, 0.1) is 19.0 Å². The number of carbonyl (C=O) groups excluding carboxylic acids is 2. The molecule has 2 heterocycles. The molecule has 0 aromatic heterocycles. The van der Waals surface area contributed by atoms with Crippen LogP contribution in [0.5, 0.6) is 0 Å². The molecular formula is C21H21F2N3O2. The Morgan fingerprint density at radius 2 is 1.39 bits per heavy atom. The molecule has 2 aliphatic rings. The molecular weight excluding hydrogens is 364 g/mol. The summed E-state index contributed by atoms with van der Waals surface area (Å²) < 4.78 is 26.1. The van der Waals surface area contributed by atoms with Crippen LogP contribution in [0.4, 0.5) is 14.5 Å². The second-order valence-electron chi connectivity index (χ2n) is 7.16. The number of benzene rings is 2. The minimum atomic E-state index is -0.441. The van der Waals surface area contributed by atoms with E-state index in [4.69, 9.17) is 0 Å². The van der Waals surface area contributed by atoms with Gasteiger partial charge in [0.15, 0.2) is 0 Å². The van der Waals surface area contributed by atoms with Gasteiger partial charge >= 0.3 is 0 Å². The molecule has 0 bridgehead atoms. The minimum Gasteiger partial charge on any atom is -0.369 e. The van der Waals surface area contributed by atoms with Crippen molar-refractivity contribution < 1.29 is 18.4 Å². The van der Waals surface area contributed by atoms with Crippen LogP contribution in [0.3, 0.4) is 0 Å². The summed E-state index contributed by atoms with van der Waals surface area (Å²) in [5.41, 5.74) is 1.68. The van der Waals surface area contributed by atoms with Gasteiger partial charge in [-0.1, -0.05) is 12.1 Å². The summed E-state index contributed by atoms with van der Waals surface area (Å²) in [6.07, 6.45) is 0.177. The van der Waals surface area contributed by atoms with Crippen LogP contribution in [-0.4, -0.2) is 53.8 Å². The quantitative estimate of drug-likeness (QED) is 0.759. The van der Waals surface area contributed by atoms with E-state index in [0.717, 1.165) is 11.3 Å². The number of imide groups is 1. The van der Waals surface area contributed by atoms with Crippen LogP contribution in [0.15, 0.2) is 48.5 Å². The average molecular weight is 385 g/mol. The van der Waals surface area contributed by atoms with Gasteiger partial charge in [-0.2, -0.15) is 0 Å². The molecule has 2 amide bonds. The molecule has 2 aromatic carbocycles. The molecule has 2 aliphatic heterocycles. The monoisotopic (exact) mass is 385 g/mol. The molecule has 2 saturated heterocycles. The molecule has 2 aromatic rings. The largest absolute Gasteiger partial charge is 0.369 e. The molecule has 0 saturated carbocycles. The highest BCUT2D eigenvalue weighted by Crippen LogP contribution is 2.24. The van der Waals surface area contributed by atoms with Gasteiger partial charge in [-0.05, 0) is 42.0 Å². The lowest BCUT2D eigenvalue weighted by molar-refractivity contribution is -0.140. The fourth-order valence-electron chi connectivity index (χ4n) is 3.83. The van der Waals surface area contributed by atoms with Crippen molar-refractivity contribution in [1.29, 1.82) is 0 Å². The number of likely N-dealkylation sites (tertiary alicyclic amines) is 1. The van der Waals surface area contributed by atoms with E-state index in [0.29, 0.717) is 26.2 Å². The van der Waals surface area contributed by atoms with Gasteiger partial charge < -0.3 is 4.90 Å². The van der Waals surface area contributed by atoms with E-state index in [-0.39, 0.29) is 36.4 Å². The zero-order valence-electron chi connectivity index (χ0n) is 15.4. The third kappa shape index (κ3) is 3.75. The van der Waals surface area contributed by atoms with Crippen molar-refractivity contribution in [3.8, 4) is 0 Å². The number of amides is 2. The first-order valence-corrected chi connectivity index (χ1v) is 9.34. The SMILES string of the molecule is O=C1CC(N2CCN(c3ccc(F)cc3)CC2)C(=O)N1Cc1ccc(F)cc1. The molecule has 1 unspecified atom stereocenters. The Hall–Kier alpha value is -2.80. The molecule has 5 nitrogen and oxygen atoms in total. The number of anilines is 1. The highest BCUT2D eigenvalue weighted by molar-refractivity contribution is 6.05. The fourth-order valence-corrected chi connectivity index (χ4v) is 3.83. The smallest absolute Gasteiger partial charge is 0.247 e. The van der Waals surface area contributed by atoms with Crippen molar-refractivity contribution in [2.45, 2.75) is 19.0 Å². The number of piperazine rings is 1. The Kier molecular flexibility index (Phi) is 5.09. The van der Waals surface area contributed by atoms with Gasteiger partial charge in [-0.15, -0.1) is 0 Å². The third-order valence-corrected chi connectivity index (χ3v) is 5.42. The molecule has 0 radical (unpaired) electrons. The molecule has 2 fully saturated rings. The zero-order chi connectivity index (χ0) is 19.7. The summed E-state index contributed by atoms with van der Waals surface area (Å²) in [6.45, 7) is 2.91. The predicted octanol–water partition coefficient (Wildman–Crippen LogP) is 2.41. The standard InChI is InChI=1S/C21H21F2N3O2/c22-16-3-1-15(2-4-16)14-26-20(27)13-19(21(26)28)25-11-9-24(10-12-25)18-7-5-17(23)6-8-18/h1-8,19H,9-14H2. The predicted molar refractivity (Wildman–Crippen MR) is 101 cm³/mol. The maximum atomic E-state index is 13.1. The lowest BCUT2D eigenvalue weighted by Gasteiger charge is -2.38. The van der Waals surface area contributed by atoms with Crippen LogP contribution in [0.2, 0.25) is 0 Å². The van der Waals surface area contributed by atoms with Crippen LogP contribution in [0, 0.1) is 11.6 Å². The van der Waals surface area contributed by atoms with Gasteiger partial charge in [-0.3, -0.25) is 19.4 Å². The van der Waals surface area contributed by atoms with Crippen LogP contribution in [0.25, 0.3) is 0 Å². The maximum Gasteiger partial charge on any atom is 0.247 e. The molecule has 4 rings (SSSR count). The molecule has 28 heavy (non-hydrogen) atoms. The van der Waals surface area contributed by atoms with Gasteiger partial charge in [0.2, 0.25) is 11.8 Å². The summed E-state index contributed by atoms with van der Waals surface area (Å²) in [4.78, 5) is 30.7. The van der Waals surface area contributed by atoms with Crippen LogP contribution < -0.4 is 4.90 Å². The summed E-state index contributed by atoms with van der Waals surface area (Å²) in [7, 11) is 0. The van der Waals surface area contributed by atoms with Crippen molar-refractivity contribution in [3.63, 3.8) is 0 Å². The number of rotatable bonds is 4. The van der Waals surface area contributed by atoms with E-state index < -0.39 is 6.04 Å². The van der Waals surface area contributed by atoms with Gasteiger partial charge in [0.1, 0.15) is 11.6 Å². The van der Waals surface area contributed by atoms with Gasteiger partial charge in [-0.25, -0.2) is 8.78 Å². The number of hydrogen-bond acceptors (Lipinski definition) is 4. The minimum absolute atomic E-state index is 0.171. The summed E-state index contributed by atoms with van der Waals surface area (Å²) in [5.74, 6) is -0.997. The second-order valence-corrected chi connectivity index (χ2v) is 7.16. The molecule has 0 aliphatic carbocycles. The fraction of sp³-hybridized carbons (Fsp3) is 0.333. The molecule has 0 N–H and O–H groups in total. The molecule has 7 heteroatoms. The van der Waals surface area contributed by atoms with E-state index in [1.165, 1.54) is 29.2 Å². The molecule has 0 spiro atoms. The molecule has 146 valence electrons. The number of hydrogen-bond donors (Lipinski definition) is 0. The lowest BCUT2D eigenvalue weighted by Crippen LogP contribution is -2.52. The first kappa shape index (κ1) is 18.6. The molecule has 1 atom stereocenters. The van der Waals surface area contributed by atoms with Crippen LogP contribution in [-0.2, 0) is 16.1 Å². The van der Waals surface area contributed by atoms with Crippen molar-refractivity contribution in [2.75, 3.05) is 31.1 Å². The Morgan fingerprint density at radius 1 is 0.821 bits per heavy atom. The number of nitrogens with zero attached hydrogens (tertiary/aromatic N) is 3. The van der Waals surface area contributed by atoms with E-state index in [1.54, 1.807) is 24.3 Å². The lowest BCUT2D eigenvalue weighted by atomic mass is 10.1. The first-order valence-electron chi connectivity index (χ1n) is 9.34. The highest BCUT2D eigenvalue weighted by Gasteiger charge is 2.42. The average Bonchev–Trinajstić information content (AvgIpc) is 2.99. The van der Waals surface area contributed by atoms with Crippen LogP contribution in [0.1, 0.15) is 12.0 Å². The Bertz CT molecular complexity index is 862. The van der Waals surface area contributed by atoms with Gasteiger partial charge in [0, 0.05) is 31.9 Å². The Morgan fingerprint density at radius 3 is 2.00 bits per heavy atom. The maximum absolute atomic E-state index is 13.1. The van der Waals surface area contributed by atoms with Crippen LogP contribution >= 0.6 is 0 Å². The van der Waals surface area contributed by atoms with E-state index in [9.17, 15) is 18.4 Å². The van der Waals surface area contributed by atoms with Gasteiger partial charge in [0.25, 0.3) is 0 Å². The van der Waals surface area contributed by atoms with Crippen molar-refractivity contribution in [2.24, 2.45) is 0 Å². The van der Waals surface area contributed by atoms with Crippen molar-refractivity contribution in [1.82, 2.24) is 9.80 Å². The normalized spacial score (nSPS) is 20.9. The summed E-state index contributed by atoms with van der Waals surface area (Å²) in [5, 5.41) is 0. The Balaban J connectivity index is 1.37. The number of carbonyl (C=O) groups is 2. The highest BCUT2D eigenvalue weighted by atomic mass is 19.1. The number of halogens is 2. The van der Waals surface area contributed by atoms with E-state index >= 15 is 0 Å². The van der Waals surface area contributed by atoms with E-state index in [2.05, 4.69) is 4.90 Å². The summed E-state index contributed by atoms with van der Waals surface area (Å²) in [6, 6.07) is 11.8. The van der Waals surface area contributed by atoms with Crippen molar-refractivity contribution in [3.05, 3.63) is 65.7 Å². The second kappa shape index (κ2) is 7.67. The Labute approximate surface area is 162 Å². The third-order valence-electron chi connectivity index (χ3n) is 5.42. The zero-order valence-corrected chi connectivity index (χ0v) is 15.4. The van der Waals surface area contributed by atoms with Crippen molar-refractivity contribution >= 4 is 17.5 Å². The topological polar surface area (TPSA) is 43.9 Å². The first-order chi connectivity index (χ1) is 13.5. The van der Waals surface area contributed by atoms with E-state index in [1.807, 2.05) is 4.90 Å². The summed E-state index contributed by atoms with van der Waals surface area (Å²) >= 11 is 0.